The zero-order chi connectivity index (χ0) is 14.9. The molecule has 1 aliphatic rings. The predicted octanol–water partition coefficient (Wildman–Crippen LogP) is 2.47. The van der Waals surface area contributed by atoms with Crippen LogP contribution in [0.1, 0.15) is 20.3 Å². The predicted molar refractivity (Wildman–Crippen MR) is 77.8 cm³/mol. The van der Waals surface area contributed by atoms with Gasteiger partial charge in [-0.1, -0.05) is 20.3 Å². The normalized spacial score (nSPS) is 20.8. The van der Waals surface area contributed by atoms with E-state index in [2.05, 4.69) is 21.2 Å². The number of nitrogens with one attached hydrogen (secondary N) is 1. The van der Waals surface area contributed by atoms with Gasteiger partial charge >= 0.3 is 0 Å². The van der Waals surface area contributed by atoms with Gasteiger partial charge in [0.05, 0.1) is 5.69 Å². The highest BCUT2D eigenvalue weighted by Crippen LogP contribution is 2.29. The summed E-state index contributed by atoms with van der Waals surface area (Å²) in [5.41, 5.74) is 0.387. The second-order valence-electron chi connectivity index (χ2n) is 4.95. The van der Waals surface area contributed by atoms with E-state index in [4.69, 9.17) is 0 Å². The van der Waals surface area contributed by atoms with Gasteiger partial charge in [0.1, 0.15) is 18.4 Å². The number of rotatable bonds is 3. The molecular weight excluding hydrogens is 327 g/mol. The highest BCUT2D eigenvalue weighted by atomic mass is 79.9. The lowest BCUT2D eigenvalue weighted by atomic mass is 9.96. The van der Waals surface area contributed by atoms with Crippen LogP contribution in [0.3, 0.4) is 0 Å². The SMILES string of the molecule is CCC(C)C1NC(=O)CN(c2cc(F)ccc2Br)C1=O. The molecule has 0 saturated carbocycles. The minimum Gasteiger partial charge on any atom is -0.342 e. The standard InChI is InChI=1S/C14H16BrFN2O2/c1-3-8(2)13-14(20)18(7-12(19)17-13)11-6-9(16)4-5-10(11)15/h4-6,8,13H,3,7H2,1-2H3,(H,17,19). The van der Waals surface area contributed by atoms with Crippen molar-refractivity contribution in [2.75, 3.05) is 11.4 Å². The number of halogens is 2. The van der Waals surface area contributed by atoms with Crippen LogP contribution in [0.4, 0.5) is 10.1 Å². The maximum absolute atomic E-state index is 13.4. The molecule has 1 fully saturated rings. The number of carbonyl (C=O) groups excluding carboxylic acids is 2. The third kappa shape index (κ3) is 2.85. The molecule has 0 aromatic heterocycles. The first-order chi connectivity index (χ1) is 9.43. The van der Waals surface area contributed by atoms with E-state index in [9.17, 15) is 14.0 Å². The minimum absolute atomic E-state index is 0.0292. The number of hydrogen-bond acceptors (Lipinski definition) is 2. The van der Waals surface area contributed by atoms with Crippen molar-refractivity contribution in [3.8, 4) is 0 Å². The number of anilines is 1. The van der Waals surface area contributed by atoms with Gasteiger partial charge in [0.15, 0.2) is 0 Å². The van der Waals surface area contributed by atoms with Gasteiger partial charge in [-0.15, -0.1) is 0 Å². The molecule has 0 radical (unpaired) electrons. The minimum atomic E-state index is -0.559. The van der Waals surface area contributed by atoms with E-state index in [0.29, 0.717) is 10.2 Å². The van der Waals surface area contributed by atoms with E-state index in [1.807, 2.05) is 13.8 Å². The van der Waals surface area contributed by atoms with E-state index in [0.717, 1.165) is 6.42 Å². The second kappa shape index (κ2) is 5.91. The molecule has 20 heavy (non-hydrogen) atoms. The van der Waals surface area contributed by atoms with Crippen molar-refractivity contribution < 1.29 is 14.0 Å². The molecule has 4 nitrogen and oxygen atoms in total. The summed E-state index contributed by atoms with van der Waals surface area (Å²) in [6, 6.07) is 3.53. The number of amides is 2. The number of benzene rings is 1. The fourth-order valence-corrected chi connectivity index (χ4v) is 2.65. The van der Waals surface area contributed by atoms with E-state index < -0.39 is 11.9 Å². The molecule has 108 valence electrons. The maximum Gasteiger partial charge on any atom is 0.250 e. The number of carbonyl (C=O) groups is 2. The molecule has 6 heteroatoms. The molecular formula is C14H16BrFN2O2. The molecule has 2 atom stereocenters. The zero-order valence-electron chi connectivity index (χ0n) is 11.3. The first-order valence-corrected chi connectivity index (χ1v) is 7.29. The van der Waals surface area contributed by atoms with Crippen molar-refractivity contribution in [1.29, 1.82) is 0 Å². The van der Waals surface area contributed by atoms with Crippen LogP contribution in [-0.4, -0.2) is 24.4 Å². The monoisotopic (exact) mass is 342 g/mol. The highest BCUT2D eigenvalue weighted by molar-refractivity contribution is 9.10. The Morgan fingerprint density at radius 3 is 2.85 bits per heavy atom. The first-order valence-electron chi connectivity index (χ1n) is 6.49. The second-order valence-corrected chi connectivity index (χ2v) is 5.81. The summed E-state index contributed by atoms with van der Waals surface area (Å²) in [5.74, 6) is -0.847. The summed E-state index contributed by atoms with van der Waals surface area (Å²) < 4.78 is 14.0. The van der Waals surface area contributed by atoms with Gasteiger partial charge < -0.3 is 5.32 Å². The van der Waals surface area contributed by atoms with Crippen molar-refractivity contribution in [2.45, 2.75) is 26.3 Å². The Labute approximate surface area is 125 Å². The van der Waals surface area contributed by atoms with E-state index in [-0.39, 0.29) is 24.3 Å². The molecule has 0 spiro atoms. The van der Waals surface area contributed by atoms with Crippen LogP contribution < -0.4 is 10.2 Å². The topological polar surface area (TPSA) is 49.4 Å². The fourth-order valence-electron chi connectivity index (χ4n) is 2.19. The van der Waals surface area contributed by atoms with Crippen LogP contribution >= 0.6 is 15.9 Å². The van der Waals surface area contributed by atoms with Crippen LogP contribution in [-0.2, 0) is 9.59 Å². The summed E-state index contributed by atoms with van der Waals surface area (Å²) in [6.07, 6.45) is 0.773. The van der Waals surface area contributed by atoms with Crippen molar-refractivity contribution in [2.24, 2.45) is 5.92 Å². The molecule has 1 aliphatic heterocycles. The van der Waals surface area contributed by atoms with Crippen LogP contribution in [0.25, 0.3) is 0 Å². The maximum atomic E-state index is 13.4. The molecule has 0 bridgehead atoms. The van der Waals surface area contributed by atoms with Crippen LogP contribution in [0, 0.1) is 11.7 Å². The Morgan fingerprint density at radius 2 is 2.20 bits per heavy atom. The van der Waals surface area contributed by atoms with Gasteiger partial charge in [-0.25, -0.2) is 4.39 Å². The van der Waals surface area contributed by atoms with E-state index >= 15 is 0 Å². The molecule has 2 amide bonds. The van der Waals surface area contributed by atoms with Gasteiger partial charge in [0.25, 0.3) is 0 Å². The smallest absolute Gasteiger partial charge is 0.250 e. The van der Waals surface area contributed by atoms with Gasteiger partial charge in [-0.3, -0.25) is 14.5 Å². The lowest BCUT2D eigenvalue weighted by molar-refractivity contribution is -0.132. The van der Waals surface area contributed by atoms with Gasteiger partial charge in [-0.2, -0.15) is 0 Å². The Kier molecular flexibility index (Phi) is 4.42. The van der Waals surface area contributed by atoms with Crippen LogP contribution in [0.2, 0.25) is 0 Å². The van der Waals surface area contributed by atoms with Crippen LogP contribution in [0.15, 0.2) is 22.7 Å². The third-order valence-electron chi connectivity index (χ3n) is 3.56. The summed E-state index contributed by atoms with van der Waals surface area (Å²) in [6.45, 7) is 3.78. The Morgan fingerprint density at radius 1 is 1.50 bits per heavy atom. The summed E-state index contributed by atoms with van der Waals surface area (Å²) in [5, 5.41) is 2.71. The molecule has 1 aromatic rings. The third-order valence-corrected chi connectivity index (χ3v) is 4.23. The van der Waals surface area contributed by atoms with Crippen LogP contribution in [0.5, 0.6) is 0 Å². The van der Waals surface area contributed by atoms with Crippen molar-refractivity contribution in [3.63, 3.8) is 0 Å². The molecule has 2 unspecified atom stereocenters. The van der Waals surface area contributed by atoms with Crippen molar-refractivity contribution in [1.82, 2.24) is 5.32 Å². The molecule has 1 aromatic carbocycles. The van der Waals surface area contributed by atoms with Crippen molar-refractivity contribution in [3.05, 3.63) is 28.5 Å². The van der Waals surface area contributed by atoms with Gasteiger partial charge in [0.2, 0.25) is 11.8 Å². The lowest BCUT2D eigenvalue weighted by Crippen LogP contribution is -2.60. The lowest BCUT2D eigenvalue weighted by Gasteiger charge is -2.35. The Hall–Kier alpha value is -1.43. The number of piperazine rings is 1. The largest absolute Gasteiger partial charge is 0.342 e. The average Bonchev–Trinajstić information content (AvgIpc) is 2.43. The average molecular weight is 343 g/mol. The van der Waals surface area contributed by atoms with E-state index in [1.165, 1.54) is 23.1 Å². The fraction of sp³-hybridized carbons (Fsp3) is 0.429. The van der Waals surface area contributed by atoms with E-state index in [1.54, 1.807) is 0 Å². The quantitative estimate of drug-likeness (QED) is 0.917. The van der Waals surface area contributed by atoms with Gasteiger partial charge in [0, 0.05) is 4.47 Å². The first kappa shape index (κ1) is 15.0. The molecule has 1 saturated heterocycles. The number of hydrogen-bond donors (Lipinski definition) is 1. The highest BCUT2D eigenvalue weighted by Gasteiger charge is 2.36. The molecule has 1 heterocycles. The summed E-state index contributed by atoms with van der Waals surface area (Å²) in [4.78, 5) is 25.6. The molecule has 2 rings (SSSR count). The van der Waals surface area contributed by atoms with Crippen molar-refractivity contribution >= 4 is 33.4 Å². The Bertz CT molecular complexity index is 550. The molecule has 0 aliphatic carbocycles. The summed E-state index contributed by atoms with van der Waals surface area (Å²) in [7, 11) is 0. The zero-order valence-corrected chi connectivity index (χ0v) is 12.9. The Balaban J connectivity index is 2.37. The number of nitrogens with zero attached hydrogens (tertiary/aromatic N) is 1. The van der Waals surface area contributed by atoms with Gasteiger partial charge in [-0.05, 0) is 40.0 Å². The molecule has 1 N–H and O–H groups in total. The summed E-state index contributed by atoms with van der Waals surface area (Å²) >= 11 is 3.30.